The smallest absolute Gasteiger partial charge is 0.243 e. The molecule has 0 unspecified atom stereocenters. The van der Waals surface area contributed by atoms with Crippen LogP contribution in [-0.2, 0) is 16.6 Å². The minimum atomic E-state index is -3.64. The largest absolute Gasteiger partial charge is 0.497 e. The molecule has 0 N–H and O–H groups in total. The topological polar surface area (TPSA) is 46.6 Å². The second-order valence-electron chi connectivity index (χ2n) is 4.89. The highest BCUT2D eigenvalue weighted by Crippen LogP contribution is 2.22. The maximum Gasteiger partial charge on any atom is 0.243 e. The van der Waals surface area contributed by atoms with Crippen molar-refractivity contribution in [2.24, 2.45) is 0 Å². The molecule has 122 valence electrons. The molecule has 2 aromatic carbocycles. The second kappa shape index (κ2) is 7.64. The Bertz CT molecular complexity index is 773. The van der Waals surface area contributed by atoms with Crippen molar-refractivity contribution in [1.82, 2.24) is 4.31 Å². The minimum Gasteiger partial charge on any atom is -0.497 e. The van der Waals surface area contributed by atoms with Gasteiger partial charge < -0.3 is 4.74 Å². The third-order valence-corrected chi connectivity index (χ3v) is 5.34. The summed E-state index contributed by atoms with van der Waals surface area (Å²) in [6.45, 7) is 4.07. The molecule has 0 aliphatic rings. The van der Waals surface area contributed by atoms with E-state index in [1.54, 1.807) is 36.4 Å². The number of sulfonamides is 1. The normalized spacial score (nSPS) is 11.4. The van der Waals surface area contributed by atoms with Crippen LogP contribution in [0.15, 0.2) is 66.1 Å². The Balaban J connectivity index is 2.32. The summed E-state index contributed by atoms with van der Waals surface area (Å²) in [6, 6.07) is 13.4. The Hall–Kier alpha value is -1.82. The number of ether oxygens (including phenoxy) is 1. The molecule has 0 amide bonds. The van der Waals surface area contributed by atoms with E-state index in [1.807, 2.05) is 6.07 Å². The fourth-order valence-electron chi connectivity index (χ4n) is 2.13. The lowest BCUT2D eigenvalue weighted by atomic mass is 10.2. The van der Waals surface area contributed by atoms with Gasteiger partial charge in [-0.3, -0.25) is 0 Å². The van der Waals surface area contributed by atoms with Crippen molar-refractivity contribution in [2.45, 2.75) is 11.4 Å². The summed E-state index contributed by atoms with van der Waals surface area (Å²) in [5, 5.41) is 0.572. The molecule has 0 fully saturated rings. The first-order chi connectivity index (χ1) is 11.0. The van der Waals surface area contributed by atoms with Crippen molar-refractivity contribution in [3.05, 3.63) is 71.8 Å². The summed E-state index contributed by atoms with van der Waals surface area (Å²) in [5.74, 6) is 0.606. The van der Waals surface area contributed by atoms with E-state index in [0.29, 0.717) is 10.8 Å². The molecular weight excluding hydrogens is 334 g/mol. The van der Waals surface area contributed by atoms with E-state index < -0.39 is 10.0 Å². The van der Waals surface area contributed by atoms with Crippen LogP contribution < -0.4 is 4.74 Å². The van der Waals surface area contributed by atoms with Gasteiger partial charge in [-0.2, -0.15) is 4.31 Å². The molecule has 0 aliphatic carbocycles. The number of hydrogen-bond donors (Lipinski definition) is 0. The SMILES string of the molecule is C=CCN(Cc1cccc(Cl)c1)S(=O)(=O)c1ccc(OC)cc1. The predicted octanol–water partition coefficient (Wildman–Crippen LogP) is 3.73. The van der Waals surface area contributed by atoms with Crippen molar-refractivity contribution in [2.75, 3.05) is 13.7 Å². The average Bonchev–Trinajstić information content (AvgIpc) is 2.54. The van der Waals surface area contributed by atoms with Gasteiger partial charge in [-0.05, 0) is 42.0 Å². The number of nitrogens with zero attached hydrogens (tertiary/aromatic N) is 1. The van der Waals surface area contributed by atoms with Crippen molar-refractivity contribution in [1.29, 1.82) is 0 Å². The molecule has 2 rings (SSSR count). The van der Waals surface area contributed by atoms with Gasteiger partial charge in [0.2, 0.25) is 10.0 Å². The van der Waals surface area contributed by atoms with Crippen LogP contribution in [0.3, 0.4) is 0 Å². The Morgan fingerprint density at radius 1 is 1.22 bits per heavy atom. The van der Waals surface area contributed by atoms with E-state index in [4.69, 9.17) is 16.3 Å². The van der Waals surface area contributed by atoms with Crippen LogP contribution in [0.5, 0.6) is 5.75 Å². The maximum absolute atomic E-state index is 12.8. The molecule has 0 bridgehead atoms. The van der Waals surface area contributed by atoms with Gasteiger partial charge >= 0.3 is 0 Å². The lowest BCUT2D eigenvalue weighted by molar-refractivity contribution is 0.414. The van der Waals surface area contributed by atoms with Crippen molar-refractivity contribution < 1.29 is 13.2 Å². The fourth-order valence-corrected chi connectivity index (χ4v) is 3.74. The third-order valence-electron chi connectivity index (χ3n) is 3.28. The highest BCUT2D eigenvalue weighted by molar-refractivity contribution is 7.89. The highest BCUT2D eigenvalue weighted by Gasteiger charge is 2.23. The van der Waals surface area contributed by atoms with Crippen molar-refractivity contribution >= 4 is 21.6 Å². The summed E-state index contributed by atoms with van der Waals surface area (Å²) in [4.78, 5) is 0.210. The number of halogens is 1. The van der Waals surface area contributed by atoms with Crippen LogP contribution in [0.4, 0.5) is 0 Å². The Labute approximate surface area is 142 Å². The molecule has 2 aromatic rings. The average molecular weight is 352 g/mol. The lowest BCUT2D eigenvalue weighted by Gasteiger charge is -2.21. The van der Waals surface area contributed by atoms with Crippen LogP contribution in [-0.4, -0.2) is 26.4 Å². The standard InChI is InChI=1S/C17H18ClNO3S/c1-3-11-19(13-14-5-4-6-15(18)12-14)23(20,21)17-9-7-16(22-2)8-10-17/h3-10,12H,1,11,13H2,2H3. The molecule has 0 aromatic heterocycles. The van der Waals surface area contributed by atoms with Gasteiger partial charge in [-0.25, -0.2) is 8.42 Å². The Morgan fingerprint density at radius 3 is 2.48 bits per heavy atom. The van der Waals surface area contributed by atoms with E-state index >= 15 is 0 Å². The molecule has 0 saturated carbocycles. The van der Waals surface area contributed by atoms with Crippen LogP contribution >= 0.6 is 11.6 Å². The van der Waals surface area contributed by atoms with E-state index in [-0.39, 0.29) is 18.0 Å². The summed E-state index contributed by atoms with van der Waals surface area (Å²) in [6.07, 6.45) is 1.56. The number of benzene rings is 2. The molecule has 6 heteroatoms. The molecule has 0 aliphatic heterocycles. The maximum atomic E-state index is 12.8. The number of rotatable bonds is 7. The second-order valence-corrected chi connectivity index (χ2v) is 7.27. The fraction of sp³-hybridized carbons (Fsp3) is 0.176. The molecule has 0 atom stereocenters. The summed E-state index contributed by atoms with van der Waals surface area (Å²) in [7, 11) is -2.10. The Morgan fingerprint density at radius 2 is 1.91 bits per heavy atom. The molecular formula is C17H18ClNO3S. The molecule has 0 radical (unpaired) electrons. The van der Waals surface area contributed by atoms with Crippen LogP contribution in [0.1, 0.15) is 5.56 Å². The quantitative estimate of drug-likeness (QED) is 0.714. The first-order valence-electron chi connectivity index (χ1n) is 6.97. The molecule has 0 heterocycles. The molecule has 23 heavy (non-hydrogen) atoms. The lowest BCUT2D eigenvalue weighted by Crippen LogP contribution is -2.30. The zero-order valence-corrected chi connectivity index (χ0v) is 14.3. The van der Waals surface area contributed by atoms with E-state index in [1.165, 1.54) is 23.5 Å². The monoisotopic (exact) mass is 351 g/mol. The summed E-state index contributed by atoms with van der Waals surface area (Å²) in [5.41, 5.74) is 0.816. The molecule has 0 spiro atoms. The van der Waals surface area contributed by atoms with E-state index in [2.05, 4.69) is 6.58 Å². The number of hydrogen-bond acceptors (Lipinski definition) is 3. The van der Waals surface area contributed by atoms with Gasteiger partial charge in [0.05, 0.1) is 12.0 Å². The first kappa shape index (κ1) is 17.5. The minimum absolute atomic E-state index is 0.209. The van der Waals surface area contributed by atoms with Gasteiger partial charge in [-0.15, -0.1) is 6.58 Å². The summed E-state index contributed by atoms with van der Waals surface area (Å²) < 4.78 is 32.0. The first-order valence-corrected chi connectivity index (χ1v) is 8.78. The predicted molar refractivity (Wildman–Crippen MR) is 92.2 cm³/mol. The van der Waals surface area contributed by atoms with Gasteiger partial charge in [0.1, 0.15) is 5.75 Å². The third kappa shape index (κ3) is 4.34. The highest BCUT2D eigenvalue weighted by atomic mass is 35.5. The van der Waals surface area contributed by atoms with E-state index in [9.17, 15) is 8.42 Å². The zero-order valence-electron chi connectivity index (χ0n) is 12.8. The molecule has 0 saturated heterocycles. The van der Waals surface area contributed by atoms with Gasteiger partial charge in [0.15, 0.2) is 0 Å². The van der Waals surface area contributed by atoms with Crippen LogP contribution in [0, 0.1) is 0 Å². The number of methoxy groups -OCH3 is 1. The van der Waals surface area contributed by atoms with Crippen molar-refractivity contribution in [3.8, 4) is 5.75 Å². The van der Waals surface area contributed by atoms with Gasteiger partial charge in [-0.1, -0.05) is 29.8 Å². The van der Waals surface area contributed by atoms with Gasteiger partial charge in [0, 0.05) is 18.1 Å². The Kier molecular flexibility index (Phi) is 5.82. The molecule has 4 nitrogen and oxygen atoms in total. The zero-order chi connectivity index (χ0) is 16.9. The van der Waals surface area contributed by atoms with Crippen molar-refractivity contribution in [3.63, 3.8) is 0 Å². The summed E-state index contributed by atoms with van der Waals surface area (Å²) >= 11 is 5.97. The van der Waals surface area contributed by atoms with E-state index in [0.717, 1.165) is 5.56 Å². The van der Waals surface area contributed by atoms with Crippen LogP contribution in [0.25, 0.3) is 0 Å². The van der Waals surface area contributed by atoms with Crippen LogP contribution in [0.2, 0.25) is 5.02 Å². The van der Waals surface area contributed by atoms with Gasteiger partial charge in [0.25, 0.3) is 0 Å².